The number of phenols is 2. The fourth-order valence-electron chi connectivity index (χ4n) is 2.12. The minimum absolute atomic E-state index is 0.0567. The monoisotopic (exact) mass is 229 g/mol. The fourth-order valence-corrected chi connectivity index (χ4v) is 2.12. The second-order valence-corrected chi connectivity index (χ2v) is 3.93. The van der Waals surface area contributed by atoms with Gasteiger partial charge in [-0.05, 0) is 12.8 Å². The molecule has 1 aliphatic heterocycles. The highest BCUT2D eigenvalue weighted by Gasteiger charge is 2.24. The zero-order valence-electron chi connectivity index (χ0n) is 9.14. The molecule has 1 aromatic carbocycles. The van der Waals surface area contributed by atoms with E-state index in [2.05, 4.69) is 0 Å². The van der Waals surface area contributed by atoms with Gasteiger partial charge in [0.15, 0.2) is 0 Å². The molecule has 86 valence electrons. The summed E-state index contributed by atoms with van der Waals surface area (Å²) in [6.45, 7) is 1.46. The van der Waals surface area contributed by atoms with Crippen molar-refractivity contribution in [1.29, 1.82) is 10.5 Å². The predicted molar refractivity (Wildman–Crippen MR) is 60.6 cm³/mol. The van der Waals surface area contributed by atoms with Crippen molar-refractivity contribution in [3.63, 3.8) is 0 Å². The molecule has 0 unspecified atom stereocenters. The number of nitriles is 2. The van der Waals surface area contributed by atoms with E-state index in [-0.39, 0.29) is 22.6 Å². The number of aromatic hydroxyl groups is 2. The summed E-state index contributed by atoms with van der Waals surface area (Å²) in [5.41, 5.74) is 0.465. The Kier molecular flexibility index (Phi) is 2.76. The molecule has 5 heteroatoms. The molecule has 0 atom stereocenters. The summed E-state index contributed by atoms with van der Waals surface area (Å²) in [4.78, 5) is 1.86. The topological polar surface area (TPSA) is 91.3 Å². The van der Waals surface area contributed by atoms with Gasteiger partial charge in [0.2, 0.25) is 0 Å². The van der Waals surface area contributed by atoms with Crippen molar-refractivity contribution in [2.75, 3.05) is 18.0 Å². The second-order valence-electron chi connectivity index (χ2n) is 3.93. The van der Waals surface area contributed by atoms with Crippen molar-refractivity contribution < 1.29 is 10.2 Å². The number of benzene rings is 1. The van der Waals surface area contributed by atoms with Crippen LogP contribution in [0, 0.1) is 22.7 Å². The van der Waals surface area contributed by atoms with E-state index < -0.39 is 0 Å². The number of nitrogens with zero attached hydrogens (tertiary/aromatic N) is 3. The largest absolute Gasteiger partial charge is 0.506 e. The van der Waals surface area contributed by atoms with Crippen molar-refractivity contribution in [3.8, 4) is 23.6 Å². The summed E-state index contributed by atoms with van der Waals surface area (Å²) in [6.07, 6.45) is 1.96. The minimum Gasteiger partial charge on any atom is -0.506 e. The summed E-state index contributed by atoms with van der Waals surface area (Å²) in [5, 5.41) is 37.4. The van der Waals surface area contributed by atoms with Crippen molar-refractivity contribution in [2.45, 2.75) is 12.8 Å². The van der Waals surface area contributed by atoms with Crippen molar-refractivity contribution in [1.82, 2.24) is 0 Å². The van der Waals surface area contributed by atoms with Crippen molar-refractivity contribution in [2.24, 2.45) is 0 Å². The number of anilines is 1. The van der Waals surface area contributed by atoms with Crippen LogP contribution in [0.5, 0.6) is 11.5 Å². The molecule has 1 saturated heterocycles. The third kappa shape index (κ3) is 1.72. The standard InChI is InChI=1S/C12H11N3O2/c13-6-8-10(16)5-11(17)9(7-14)12(8)15-3-1-2-4-15/h5,16-17H,1-4H2. The lowest BCUT2D eigenvalue weighted by atomic mass is 10.0. The number of phenolic OH excluding ortho intramolecular Hbond substituents is 2. The first-order valence-electron chi connectivity index (χ1n) is 5.33. The summed E-state index contributed by atoms with van der Waals surface area (Å²) in [6, 6.07) is 4.82. The summed E-state index contributed by atoms with van der Waals surface area (Å²) >= 11 is 0. The van der Waals surface area contributed by atoms with Crippen LogP contribution >= 0.6 is 0 Å². The van der Waals surface area contributed by atoms with E-state index in [0.29, 0.717) is 5.69 Å². The highest BCUT2D eigenvalue weighted by molar-refractivity contribution is 5.76. The molecule has 2 rings (SSSR count). The second kappa shape index (κ2) is 4.23. The van der Waals surface area contributed by atoms with Gasteiger partial charge < -0.3 is 15.1 Å². The lowest BCUT2D eigenvalue weighted by Gasteiger charge is -2.21. The van der Waals surface area contributed by atoms with Crippen LogP contribution in [-0.4, -0.2) is 23.3 Å². The number of hydrogen-bond acceptors (Lipinski definition) is 5. The van der Waals surface area contributed by atoms with Crippen LogP contribution in [-0.2, 0) is 0 Å². The van der Waals surface area contributed by atoms with E-state index in [9.17, 15) is 10.2 Å². The molecule has 0 saturated carbocycles. The number of hydrogen-bond donors (Lipinski definition) is 2. The maximum Gasteiger partial charge on any atom is 0.139 e. The van der Waals surface area contributed by atoms with Gasteiger partial charge in [0.05, 0.1) is 5.69 Å². The van der Waals surface area contributed by atoms with E-state index in [4.69, 9.17) is 10.5 Å². The summed E-state index contributed by atoms with van der Waals surface area (Å²) in [7, 11) is 0. The van der Waals surface area contributed by atoms with Gasteiger partial charge in [0, 0.05) is 19.2 Å². The average molecular weight is 229 g/mol. The smallest absolute Gasteiger partial charge is 0.139 e. The SMILES string of the molecule is N#Cc1c(O)cc(O)c(C#N)c1N1CCCC1. The van der Waals surface area contributed by atoms with Crippen molar-refractivity contribution in [3.05, 3.63) is 17.2 Å². The van der Waals surface area contributed by atoms with Crippen LogP contribution in [0.15, 0.2) is 6.07 Å². The zero-order chi connectivity index (χ0) is 12.4. The van der Waals surface area contributed by atoms with Gasteiger partial charge in [0.25, 0.3) is 0 Å². The molecule has 0 bridgehead atoms. The van der Waals surface area contributed by atoms with Gasteiger partial charge in [0.1, 0.15) is 34.8 Å². The Morgan fingerprint density at radius 3 is 1.88 bits per heavy atom. The maximum absolute atomic E-state index is 9.63. The number of rotatable bonds is 1. The van der Waals surface area contributed by atoms with E-state index in [1.54, 1.807) is 0 Å². The lowest BCUT2D eigenvalue weighted by Crippen LogP contribution is -2.20. The van der Waals surface area contributed by atoms with Crippen molar-refractivity contribution >= 4 is 5.69 Å². The first-order valence-corrected chi connectivity index (χ1v) is 5.33. The molecule has 0 aromatic heterocycles. The summed E-state index contributed by atoms with van der Waals surface area (Å²) < 4.78 is 0. The average Bonchev–Trinajstić information content (AvgIpc) is 2.81. The molecule has 1 fully saturated rings. The Morgan fingerprint density at radius 1 is 1.00 bits per heavy atom. The molecule has 2 N–H and O–H groups in total. The molecule has 0 radical (unpaired) electrons. The van der Waals surface area contributed by atoms with Gasteiger partial charge in [-0.1, -0.05) is 0 Å². The zero-order valence-corrected chi connectivity index (χ0v) is 9.14. The summed E-state index contributed by atoms with van der Waals surface area (Å²) in [5.74, 6) is -0.572. The molecule has 17 heavy (non-hydrogen) atoms. The molecule has 0 aliphatic carbocycles. The molecular weight excluding hydrogens is 218 g/mol. The fraction of sp³-hybridized carbons (Fsp3) is 0.333. The molecule has 0 amide bonds. The maximum atomic E-state index is 9.63. The molecule has 1 heterocycles. The normalized spacial score (nSPS) is 14.4. The van der Waals surface area contributed by atoms with Crippen LogP contribution in [0.3, 0.4) is 0 Å². The molecule has 0 spiro atoms. The van der Waals surface area contributed by atoms with Gasteiger partial charge in [-0.15, -0.1) is 0 Å². The molecular formula is C12H11N3O2. The van der Waals surface area contributed by atoms with Gasteiger partial charge >= 0.3 is 0 Å². The van der Waals surface area contributed by atoms with E-state index in [0.717, 1.165) is 32.0 Å². The van der Waals surface area contributed by atoms with Crippen LogP contribution in [0.2, 0.25) is 0 Å². The van der Waals surface area contributed by atoms with Crippen LogP contribution in [0.1, 0.15) is 24.0 Å². The van der Waals surface area contributed by atoms with E-state index >= 15 is 0 Å². The Hall–Kier alpha value is -2.40. The third-order valence-corrected chi connectivity index (χ3v) is 2.91. The van der Waals surface area contributed by atoms with Gasteiger partial charge in [-0.3, -0.25) is 0 Å². The Balaban J connectivity index is 2.69. The quantitative estimate of drug-likeness (QED) is 0.760. The molecule has 1 aliphatic rings. The molecule has 5 nitrogen and oxygen atoms in total. The van der Waals surface area contributed by atoms with E-state index in [1.165, 1.54) is 0 Å². The minimum atomic E-state index is -0.286. The predicted octanol–water partition coefficient (Wildman–Crippen LogP) is 1.44. The third-order valence-electron chi connectivity index (χ3n) is 2.91. The molecule has 1 aromatic rings. The Morgan fingerprint density at radius 2 is 1.47 bits per heavy atom. The van der Waals surface area contributed by atoms with Crippen LogP contribution in [0.4, 0.5) is 5.69 Å². The van der Waals surface area contributed by atoms with E-state index in [1.807, 2.05) is 17.0 Å². The first kappa shape index (κ1) is 11.1. The van der Waals surface area contributed by atoms with Gasteiger partial charge in [-0.2, -0.15) is 10.5 Å². The Labute approximate surface area is 98.7 Å². The first-order chi connectivity index (χ1) is 8.19. The lowest BCUT2D eigenvalue weighted by molar-refractivity contribution is 0.448. The van der Waals surface area contributed by atoms with Crippen LogP contribution in [0.25, 0.3) is 0 Å². The Bertz CT molecular complexity index is 496. The highest BCUT2D eigenvalue weighted by atomic mass is 16.3. The van der Waals surface area contributed by atoms with Crippen LogP contribution < -0.4 is 4.90 Å². The van der Waals surface area contributed by atoms with Gasteiger partial charge in [-0.25, -0.2) is 0 Å². The highest BCUT2D eigenvalue weighted by Crippen LogP contribution is 2.38.